The summed E-state index contributed by atoms with van der Waals surface area (Å²) in [6.07, 6.45) is 1.66. The van der Waals surface area contributed by atoms with Crippen LogP contribution >= 0.6 is 34.5 Å². The molecule has 196 valence electrons. The lowest BCUT2D eigenvalue weighted by Gasteiger charge is -2.37. The molecule has 4 rings (SSSR count). The Bertz CT molecular complexity index is 1310. The zero-order valence-electron chi connectivity index (χ0n) is 19.9. The highest BCUT2D eigenvalue weighted by atomic mass is 35.5. The van der Waals surface area contributed by atoms with Crippen molar-refractivity contribution in [2.24, 2.45) is 0 Å². The van der Waals surface area contributed by atoms with Crippen molar-refractivity contribution in [3.63, 3.8) is 0 Å². The molecule has 3 aromatic rings. The smallest absolute Gasteiger partial charge is 0.348 e. The lowest BCUT2D eigenvalue weighted by atomic mass is 10.0. The van der Waals surface area contributed by atoms with Crippen LogP contribution in [0.3, 0.4) is 0 Å². The van der Waals surface area contributed by atoms with Crippen molar-refractivity contribution < 1.29 is 24.2 Å². The minimum absolute atomic E-state index is 0.137. The number of aromatic nitrogens is 3. The number of piperidine rings is 1. The minimum atomic E-state index is -1.24. The number of halogens is 2. The first-order valence-electron chi connectivity index (χ1n) is 11.2. The van der Waals surface area contributed by atoms with Gasteiger partial charge in [-0.2, -0.15) is 0 Å². The van der Waals surface area contributed by atoms with Gasteiger partial charge >= 0.3 is 5.97 Å². The summed E-state index contributed by atoms with van der Waals surface area (Å²) in [6.45, 7) is 2.62. The second-order valence-electron chi connectivity index (χ2n) is 8.32. The number of aromatic amines is 1. The fourth-order valence-electron chi connectivity index (χ4n) is 3.96. The van der Waals surface area contributed by atoms with Crippen LogP contribution in [0.4, 0.5) is 5.13 Å². The Morgan fingerprint density at radius 1 is 1.27 bits per heavy atom. The molecule has 14 heteroatoms. The molecule has 2 atom stereocenters. The molecule has 1 saturated heterocycles. The highest BCUT2D eigenvalue weighted by Gasteiger charge is 2.34. The Kier molecular flexibility index (Phi) is 8.32. The van der Waals surface area contributed by atoms with E-state index in [1.165, 1.54) is 7.11 Å². The molecular formula is C23H24Cl2N6O5S. The number of aromatic carboxylic acids is 1. The number of hydrogen-bond acceptors (Lipinski definition) is 8. The number of carbonyl (C=O) groups excluding carboxylic acids is 2. The molecule has 0 aliphatic carbocycles. The van der Waals surface area contributed by atoms with Crippen molar-refractivity contribution in [2.45, 2.75) is 32.0 Å². The van der Waals surface area contributed by atoms with Gasteiger partial charge in [-0.05, 0) is 25.5 Å². The standard InChI is InChI=1S/C23H24Cl2N6O5S/c1-11-15(24)16(25)17(28-11)21(33)29-13-6-8-31(10-14(13)36-2)23-30-18(19(37-23)22(34)35)20(32)27-9-12-5-3-4-7-26-12/h3-5,7,13-14,28H,6,8-10H2,1-2H3,(H,27,32)(H,29,33)(H,34,35)/t13-,14+/m1/s1. The highest BCUT2D eigenvalue weighted by molar-refractivity contribution is 7.17. The average Bonchev–Trinajstić information content (AvgIpc) is 3.46. The Hall–Kier alpha value is -3.19. The fourth-order valence-corrected chi connectivity index (χ4v) is 5.32. The summed E-state index contributed by atoms with van der Waals surface area (Å²) in [5, 5.41) is 16.1. The highest BCUT2D eigenvalue weighted by Crippen LogP contribution is 2.31. The van der Waals surface area contributed by atoms with Crippen LogP contribution in [0.2, 0.25) is 10.0 Å². The van der Waals surface area contributed by atoms with Crippen LogP contribution < -0.4 is 15.5 Å². The largest absolute Gasteiger partial charge is 0.477 e. The molecule has 1 aliphatic heterocycles. The van der Waals surface area contributed by atoms with Crippen LogP contribution in [-0.4, -0.2) is 70.2 Å². The second-order valence-corrected chi connectivity index (χ2v) is 10.1. The van der Waals surface area contributed by atoms with Crippen LogP contribution in [0.25, 0.3) is 0 Å². The first-order chi connectivity index (χ1) is 17.7. The summed E-state index contributed by atoms with van der Waals surface area (Å²) in [5.74, 6) is -2.25. The number of rotatable bonds is 8. The Morgan fingerprint density at radius 2 is 2.05 bits per heavy atom. The maximum absolute atomic E-state index is 12.8. The molecule has 0 bridgehead atoms. The maximum Gasteiger partial charge on any atom is 0.348 e. The monoisotopic (exact) mass is 566 g/mol. The predicted molar refractivity (Wildman–Crippen MR) is 139 cm³/mol. The van der Waals surface area contributed by atoms with E-state index in [0.29, 0.717) is 41.1 Å². The topological polar surface area (TPSA) is 150 Å². The van der Waals surface area contributed by atoms with Gasteiger partial charge in [-0.25, -0.2) is 9.78 Å². The van der Waals surface area contributed by atoms with Crippen molar-refractivity contribution in [1.29, 1.82) is 0 Å². The van der Waals surface area contributed by atoms with E-state index >= 15 is 0 Å². The Morgan fingerprint density at radius 3 is 2.68 bits per heavy atom. The van der Waals surface area contributed by atoms with Gasteiger partial charge in [0.05, 0.1) is 34.4 Å². The third-order valence-electron chi connectivity index (χ3n) is 5.91. The summed E-state index contributed by atoms with van der Waals surface area (Å²) < 4.78 is 5.62. The van der Waals surface area contributed by atoms with Crippen molar-refractivity contribution in [1.82, 2.24) is 25.6 Å². The number of ether oxygens (including phenoxy) is 1. The van der Waals surface area contributed by atoms with E-state index in [1.807, 2.05) is 4.90 Å². The molecule has 37 heavy (non-hydrogen) atoms. The number of aryl methyl sites for hydroxylation is 1. The molecule has 0 saturated carbocycles. The average molecular weight is 567 g/mol. The number of thiazole rings is 1. The molecule has 2 amide bonds. The number of carbonyl (C=O) groups is 3. The second kappa shape index (κ2) is 11.5. The van der Waals surface area contributed by atoms with E-state index in [4.69, 9.17) is 27.9 Å². The molecule has 0 aromatic carbocycles. The number of hydrogen-bond donors (Lipinski definition) is 4. The normalized spacial score (nSPS) is 17.5. The Balaban J connectivity index is 1.45. The van der Waals surface area contributed by atoms with Crippen LogP contribution in [0.1, 0.15) is 48.5 Å². The summed E-state index contributed by atoms with van der Waals surface area (Å²) in [7, 11) is 1.52. The van der Waals surface area contributed by atoms with Crippen LogP contribution in [0.5, 0.6) is 0 Å². The number of amides is 2. The lowest BCUT2D eigenvalue weighted by Crippen LogP contribution is -2.55. The number of pyridine rings is 1. The molecular weight excluding hydrogens is 543 g/mol. The van der Waals surface area contributed by atoms with E-state index in [2.05, 4.69) is 25.6 Å². The number of methoxy groups -OCH3 is 1. The van der Waals surface area contributed by atoms with Crippen LogP contribution in [-0.2, 0) is 11.3 Å². The van der Waals surface area contributed by atoms with E-state index in [1.54, 1.807) is 31.3 Å². The molecule has 3 aromatic heterocycles. The van der Waals surface area contributed by atoms with Crippen LogP contribution in [0.15, 0.2) is 24.4 Å². The number of carboxylic acids is 1. The van der Waals surface area contributed by atoms with Gasteiger partial charge in [-0.1, -0.05) is 40.6 Å². The third-order valence-corrected chi connectivity index (χ3v) is 7.96. The van der Waals surface area contributed by atoms with Gasteiger partial charge in [0, 0.05) is 32.1 Å². The van der Waals surface area contributed by atoms with Gasteiger partial charge in [-0.3, -0.25) is 14.6 Å². The summed E-state index contributed by atoms with van der Waals surface area (Å²) in [6, 6.07) is 4.96. The van der Waals surface area contributed by atoms with Crippen LogP contribution in [0, 0.1) is 6.92 Å². The predicted octanol–water partition coefficient (Wildman–Crippen LogP) is 3.13. The van der Waals surface area contributed by atoms with Gasteiger partial charge in [-0.15, -0.1) is 0 Å². The lowest BCUT2D eigenvalue weighted by molar-refractivity contribution is 0.0540. The van der Waals surface area contributed by atoms with Crippen molar-refractivity contribution in [3.05, 3.63) is 62.1 Å². The molecule has 4 heterocycles. The SMILES string of the molecule is CO[C@H]1CN(c2nc(C(=O)NCc3ccccn3)c(C(=O)O)s2)CC[C@H]1NC(=O)c1[nH]c(C)c(Cl)c1Cl. The number of H-pyrrole nitrogens is 1. The van der Waals surface area contributed by atoms with E-state index in [-0.39, 0.29) is 33.9 Å². The molecule has 1 aliphatic rings. The molecule has 0 radical (unpaired) electrons. The van der Waals surface area contributed by atoms with E-state index < -0.39 is 23.9 Å². The van der Waals surface area contributed by atoms with Gasteiger partial charge in [0.2, 0.25) is 0 Å². The quantitative estimate of drug-likeness (QED) is 0.325. The third kappa shape index (κ3) is 5.87. The number of nitrogens with one attached hydrogen (secondary N) is 3. The van der Waals surface area contributed by atoms with Gasteiger partial charge < -0.3 is 30.4 Å². The van der Waals surface area contributed by atoms with E-state index in [9.17, 15) is 19.5 Å². The Labute approximate surface area is 226 Å². The summed E-state index contributed by atoms with van der Waals surface area (Å²) >= 11 is 13.2. The first-order valence-corrected chi connectivity index (χ1v) is 12.8. The molecule has 1 fully saturated rings. The van der Waals surface area contributed by atoms with Crippen molar-refractivity contribution in [3.8, 4) is 0 Å². The van der Waals surface area contributed by atoms with E-state index in [0.717, 1.165) is 11.3 Å². The fraction of sp³-hybridized carbons (Fsp3) is 0.348. The van der Waals surface area contributed by atoms with Gasteiger partial charge in [0.1, 0.15) is 10.6 Å². The zero-order valence-corrected chi connectivity index (χ0v) is 22.2. The van der Waals surface area contributed by atoms with Crippen molar-refractivity contribution >= 4 is 57.5 Å². The molecule has 11 nitrogen and oxygen atoms in total. The number of nitrogens with zero attached hydrogens (tertiary/aromatic N) is 3. The zero-order chi connectivity index (χ0) is 26.7. The van der Waals surface area contributed by atoms with Crippen molar-refractivity contribution in [2.75, 3.05) is 25.1 Å². The maximum atomic E-state index is 12.8. The summed E-state index contributed by atoms with van der Waals surface area (Å²) in [5.41, 5.74) is 1.23. The van der Waals surface area contributed by atoms with Gasteiger partial charge in [0.25, 0.3) is 11.8 Å². The number of anilines is 1. The minimum Gasteiger partial charge on any atom is -0.477 e. The number of carboxylic acid groups (broad SMARTS) is 1. The summed E-state index contributed by atoms with van der Waals surface area (Å²) in [4.78, 5) is 50.4. The molecule has 0 spiro atoms. The molecule has 0 unspecified atom stereocenters. The van der Waals surface area contributed by atoms with Gasteiger partial charge in [0.15, 0.2) is 10.8 Å². The first kappa shape index (κ1) is 26.9. The molecule has 4 N–H and O–H groups in total.